The number of nitrogens with one attached hydrogen (secondary N) is 1. The normalized spacial score (nSPS) is 16.7. The minimum absolute atomic E-state index is 0.0790. The standard InChI is InChI=1S/C6H12N4O/c7-6(8)10-9-5(11)4-2-1-3-4/h4H,1-3H2,(H,9,11)(H4,7,8,10). The second-order valence-corrected chi connectivity index (χ2v) is 2.64. The summed E-state index contributed by atoms with van der Waals surface area (Å²) in [4.78, 5) is 11.0. The van der Waals surface area contributed by atoms with Crippen LogP contribution in [0, 0.1) is 5.92 Å². The van der Waals surface area contributed by atoms with E-state index in [1.807, 2.05) is 0 Å². The first-order valence-corrected chi connectivity index (χ1v) is 3.58. The summed E-state index contributed by atoms with van der Waals surface area (Å²) in [5.41, 5.74) is 12.3. The second-order valence-electron chi connectivity index (χ2n) is 2.64. The van der Waals surface area contributed by atoms with Crippen LogP contribution in [0.5, 0.6) is 0 Å². The van der Waals surface area contributed by atoms with E-state index < -0.39 is 0 Å². The molecule has 1 aliphatic rings. The van der Waals surface area contributed by atoms with E-state index in [1.54, 1.807) is 0 Å². The fourth-order valence-electron chi connectivity index (χ4n) is 0.881. The van der Waals surface area contributed by atoms with Gasteiger partial charge in [-0.15, -0.1) is 5.10 Å². The molecule has 1 saturated carbocycles. The van der Waals surface area contributed by atoms with Gasteiger partial charge in [-0.3, -0.25) is 4.79 Å². The zero-order valence-electron chi connectivity index (χ0n) is 6.21. The minimum Gasteiger partial charge on any atom is -0.369 e. The highest BCUT2D eigenvalue weighted by molar-refractivity contribution is 5.82. The number of guanidine groups is 1. The molecule has 0 aromatic heterocycles. The van der Waals surface area contributed by atoms with Crippen LogP contribution in [0.4, 0.5) is 0 Å². The van der Waals surface area contributed by atoms with Crippen LogP contribution in [0.25, 0.3) is 0 Å². The van der Waals surface area contributed by atoms with Crippen LogP contribution in [0.3, 0.4) is 0 Å². The Morgan fingerprint density at radius 3 is 2.45 bits per heavy atom. The number of amides is 1. The highest BCUT2D eigenvalue weighted by Gasteiger charge is 2.24. The quantitative estimate of drug-likeness (QED) is 0.274. The molecule has 1 amide bonds. The summed E-state index contributed by atoms with van der Waals surface area (Å²) >= 11 is 0. The van der Waals surface area contributed by atoms with Crippen LogP contribution in [-0.4, -0.2) is 11.9 Å². The van der Waals surface area contributed by atoms with Crippen molar-refractivity contribution in [2.45, 2.75) is 19.3 Å². The van der Waals surface area contributed by atoms with Gasteiger partial charge in [-0.1, -0.05) is 6.42 Å². The van der Waals surface area contributed by atoms with E-state index in [1.165, 1.54) is 0 Å². The monoisotopic (exact) mass is 156 g/mol. The van der Waals surface area contributed by atoms with Gasteiger partial charge in [-0.2, -0.15) is 0 Å². The highest BCUT2D eigenvalue weighted by atomic mass is 16.2. The molecule has 0 heterocycles. The van der Waals surface area contributed by atoms with Gasteiger partial charge in [0.15, 0.2) is 0 Å². The first kappa shape index (κ1) is 7.84. The van der Waals surface area contributed by atoms with E-state index in [4.69, 9.17) is 11.5 Å². The maximum atomic E-state index is 11.0. The summed E-state index contributed by atoms with van der Waals surface area (Å²) in [6.07, 6.45) is 3.03. The summed E-state index contributed by atoms with van der Waals surface area (Å²) in [6.45, 7) is 0. The Balaban J connectivity index is 2.25. The number of hydrogen-bond donors (Lipinski definition) is 3. The van der Waals surface area contributed by atoms with E-state index >= 15 is 0 Å². The average molecular weight is 156 g/mol. The van der Waals surface area contributed by atoms with Crippen LogP contribution in [0.2, 0.25) is 0 Å². The molecular formula is C6H12N4O. The van der Waals surface area contributed by atoms with Crippen molar-refractivity contribution < 1.29 is 4.79 Å². The van der Waals surface area contributed by atoms with Crippen molar-refractivity contribution in [1.29, 1.82) is 0 Å². The van der Waals surface area contributed by atoms with Gasteiger partial charge in [-0.05, 0) is 12.8 Å². The smallest absolute Gasteiger partial charge is 0.243 e. The van der Waals surface area contributed by atoms with Gasteiger partial charge < -0.3 is 11.5 Å². The molecule has 1 rings (SSSR count). The average Bonchev–Trinajstić information content (AvgIpc) is 1.79. The van der Waals surface area contributed by atoms with Crippen molar-refractivity contribution in [3.8, 4) is 0 Å². The molecule has 5 heteroatoms. The van der Waals surface area contributed by atoms with Crippen molar-refractivity contribution in [3.05, 3.63) is 0 Å². The maximum absolute atomic E-state index is 11.0. The number of nitrogens with zero attached hydrogens (tertiary/aromatic N) is 1. The Kier molecular flexibility index (Phi) is 2.30. The first-order valence-electron chi connectivity index (χ1n) is 3.58. The Hall–Kier alpha value is -1.26. The zero-order valence-corrected chi connectivity index (χ0v) is 6.21. The van der Waals surface area contributed by atoms with Gasteiger partial charge in [0, 0.05) is 5.92 Å². The van der Waals surface area contributed by atoms with E-state index in [-0.39, 0.29) is 17.8 Å². The maximum Gasteiger partial charge on any atom is 0.243 e. The molecule has 0 atom stereocenters. The molecule has 62 valence electrons. The molecule has 1 fully saturated rings. The molecule has 0 spiro atoms. The summed E-state index contributed by atoms with van der Waals surface area (Å²) in [7, 11) is 0. The largest absolute Gasteiger partial charge is 0.369 e. The van der Waals surface area contributed by atoms with Crippen LogP contribution >= 0.6 is 0 Å². The Morgan fingerprint density at radius 2 is 2.09 bits per heavy atom. The van der Waals surface area contributed by atoms with Gasteiger partial charge in [0.25, 0.3) is 0 Å². The molecule has 0 unspecified atom stereocenters. The topological polar surface area (TPSA) is 93.5 Å². The van der Waals surface area contributed by atoms with Crippen LogP contribution < -0.4 is 16.9 Å². The Morgan fingerprint density at radius 1 is 1.45 bits per heavy atom. The molecular weight excluding hydrogens is 144 g/mol. The van der Waals surface area contributed by atoms with E-state index in [2.05, 4.69) is 10.5 Å². The van der Waals surface area contributed by atoms with Crippen molar-refractivity contribution in [2.75, 3.05) is 0 Å². The first-order chi connectivity index (χ1) is 5.20. The molecule has 0 aliphatic heterocycles. The minimum atomic E-state index is -0.113. The predicted molar refractivity (Wildman–Crippen MR) is 41.3 cm³/mol. The van der Waals surface area contributed by atoms with Gasteiger partial charge >= 0.3 is 0 Å². The molecule has 11 heavy (non-hydrogen) atoms. The molecule has 0 saturated heterocycles. The molecule has 0 aromatic rings. The van der Waals surface area contributed by atoms with Gasteiger partial charge in [-0.25, -0.2) is 5.43 Å². The summed E-state index contributed by atoms with van der Waals surface area (Å²) < 4.78 is 0. The van der Waals surface area contributed by atoms with Crippen molar-refractivity contribution in [2.24, 2.45) is 22.5 Å². The molecule has 5 N–H and O–H groups in total. The number of carbonyl (C=O) groups excluding carboxylic acids is 1. The Labute approximate surface area is 64.8 Å². The van der Waals surface area contributed by atoms with E-state index in [0.29, 0.717) is 0 Å². The third kappa shape index (κ3) is 2.10. The number of rotatable bonds is 2. The number of hydrazone groups is 1. The van der Waals surface area contributed by atoms with Crippen molar-refractivity contribution >= 4 is 11.9 Å². The number of nitrogens with two attached hydrogens (primary N) is 2. The van der Waals surface area contributed by atoms with Gasteiger partial charge in [0.1, 0.15) is 0 Å². The van der Waals surface area contributed by atoms with E-state index in [9.17, 15) is 4.79 Å². The summed E-state index contributed by atoms with van der Waals surface area (Å²) in [6, 6.07) is 0. The van der Waals surface area contributed by atoms with E-state index in [0.717, 1.165) is 19.3 Å². The number of carbonyl (C=O) groups is 1. The van der Waals surface area contributed by atoms with Crippen LogP contribution in [-0.2, 0) is 4.79 Å². The Bertz CT molecular complexity index is 181. The lowest BCUT2D eigenvalue weighted by molar-refractivity contribution is -0.127. The fraction of sp³-hybridized carbons (Fsp3) is 0.667. The summed E-state index contributed by atoms with van der Waals surface area (Å²) in [5.74, 6) is -0.0691. The van der Waals surface area contributed by atoms with Crippen LogP contribution in [0.1, 0.15) is 19.3 Å². The third-order valence-electron chi connectivity index (χ3n) is 1.77. The van der Waals surface area contributed by atoms with Crippen LogP contribution in [0.15, 0.2) is 5.10 Å². The van der Waals surface area contributed by atoms with Gasteiger partial charge in [0.05, 0.1) is 0 Å². The second kappa shape index (κ2) is 3.23. The summed E-state index contributed by atoms with van der Waals surface area (Å²) in [5, 5.41) is 3.40. The zero-order chi connectivity index (χ0) is 8.27. The molecule has 0 bridgehead atoms. The molecule has 5 nitrogen and oxygen atoms in total. The lowest BCUT2D eigenvalue weighted by atomic mass is 9.85. The number of hydrogen-bond acceptors (Lipinski definition) is 2. The fourth-order valence-corrected chi connectivity index (χ4v) is 0.881. The molecule has 0 aromatic carbocycles. The lowest BCUT2D eigenvalue weighted by Gasteiger charge is -2.22. The predicted octanol–water partition coefficient (Wildman–Crippen LogP) is -0.909. The third-order valence-corrected chi connectivity index (χ3v) is 1.77. The SMILES string of the molecule is NC(N)=NNC(=O)C1CCC1. The molecule has 0 radical (unpaired) electrons. The highest BCUT2D eigenvalue weighted by Crippen LogP contribution is 2.25. The van der Waals surface area contributed by atoms with Crippen molar-refractivity contribution in [3.63, 3.8) is 0 Å². The van der Waals surface area contributed by atoms with Crippen molar-refractivity contribution in [1.82, 2.24) is 5.43 Å². The molecule has 1 aliphatic carbocycles. The van der Waals surface area contributed by atoms with Gasteiger partial charge in [0.2, 0.25) is 11.9 Å². The lowest BCUT2D eigenvalue weighted by Crippen LogP contribution is -2.34.